The molecule has 0 atom stereocenters. The lowest BCUT2D eigenvalue weighted by Gasteiger charge is -2.11. The predicted octanol–water partition coefficient (Wildman–Crippen LogP) is 2.94. The summed E-state index contributed by atoms with van der Waals surface area (Å²) in [7, 11) is 0. The Labute approximate surface area is 98.3 Å². The van der Waals surface area contributed by atoms with E-state index in [0.29, 0.717) is 0 Å². The zero-order valence-electron chi connectivity index (χ0n) is 8.42. The second-order valence-corrected chi connectivity index (χ2v) is 3.28. The SMILES string of the molecule is Cc1cc([N+](=O)[O-])c(CCl)nc1OC(F)(F)F. The van der Waals surface area contributed by atoms with Gasteiger partial charge in [-0.25, -0.2) is 4.98 Å². The van der Waals surface area contributed by atoms with E-state index in [1.807, 2.05) is 0 Å². The molecule has 1 aromatic heterocycles. The van der Waals surface area contributed by atoms with Crippen molar-refractivity contribution in [1.82, 2.24) is 4.98 Å². The Morgan fingerprint density at radius 1 is 1.59 bits per heavy atom. The lowest BCUT2D eigenvalue weighted by atomic mass is 10.2. The van der Waals surface area contributed by atoms with Crippen LogP contribution in [0, 0.1) is 17.0 Å². The van der Waals surface area contributed by atoms with Crippen molar-refractivity contribution in [3.8, 4) is 5.88 Å². The largest absolute Gasteiger partial charge is 0.574 e. The minimum Gasteiger partial charge on any atom is -0.388 e. The van der Waals surface area contributed by atoms with E-state index < -0.39 is 22.9 Å². The highest BCUT2D eigenvalue weighted by atomic mass is 35.5. The first-order valence-corrected chi connectivity index (χ1v) is 4.74. The predicted molar refractivity (Wildman–Crippen MR) is 51.9 cm³/mol. The maximum absolute atomic E-state index is 12.0. The lowest BCUT2D eigenvalue weighted by Crippen LogP contribution is -2.19. The summed E-state index contributed by atoms with van der Waals surface area (Å²) in [6.45, 7) is 1.22. The molecule has 9 heteroatoms. The molecule has 0 fully saturated rings. The number of ether oxygens (including phenoxy) is 1. The fraction of sp³-hybridized carbons (Fsp3) is 0.375. The number of pyridine rings is 1. The molecule has 0 radical (unpaired) electrons. The summed E-state index contributed by atoms with van der Waals surface area (Å²) in [5.41, 5.74) is -0.809. The number of nitrogens with zero attached hydrogens (tertiary/aromatic N) is 2. The molecule has 0 aliphatic carbocycles. The molecular weight excluding hydrogens is 265 g/mol. The van der Waals surface area contributed by atoms with E-state index in [4.69, 9.17) is 11.6 Å². The molecule has 0 amide bonds. The van der Waals surface area contributed by atoms with E-state index in [1.165, 1.54) is 6.92 Å². The minimum atomic E-state index is -4.91. The Balaban J connectivity index is 3.23. The summed E-state index contributed by atoms with van der Waals surface area (Å²) in [5.74, 6) is -1.12. The third kappa shape index (κ3) is 3.45. The van der Waals surface area contributed by atoms with Crippen molar-refractivity contribution in [1.29, 1.82) is 0 Å². The summed E-state index contributed by atoms with van der Waals surface area (Å²) in [4.78, 5) is 13.2. The van der Waals surface area contributed by atoms with Crippen molar-refractivity contribution in [2.45, 2.75) is 19.2 Å². The zero-order valence-corrected chi connectivity index (χ0v) is 9.17. The molecule has 0 unspecified atom stereocenters. The fourth-order valence-corrected chi connectivity index (χ4v) is 1.28. The molecule has 17 heavy (non-hydrogen) atoms. The number of rotatable bonds is 3. The monoisotopic (exact) mass is 270 g/mol. The average Bonchev–Trinajstić information content (AvgIpc) is 2.18. The van der Waals surface area contributed by atoms with Crippen LogP contribution in [0.15, 0.2) is 6.07 Å². The summed E-state index contributed by atoms with van der Waals surface area (Å²) in [6, 6.07) is 0.936. The summed E-state index contributed by atoms with van der Waals surface area (Å²) in [6.07, 6.45) is -4.91. The van der Waals surface area contributed by atoms with Crippen molar-refractivity contribution in [2.75, 3.05) is 0 Å². The normalized spacial score (nSPS) is 11.4. The molecule has 0 bridgehead atoms. The van der Waals surface area contributed by atoms with Crippen LogP contribution in [-0.4, -0.2) is 16.3 Å². The molecule has 0 saturated heterocycles. The number of alkyl halides is 4. The Morgan fingerprint density at radius 3 is 2.59 bits per heavy atom. The molecule has 1 aromatic rings. The van der Waals surface area contributed by atoms with Crippen LogP contribution in [0.1, 0.15) is 11.3 Å². The van der Waals surface area contributed by atoms with Crippen LogP contribution in [0.4, 0.5) is 18.9 Å². The van der Waals surface area contributed by atoms with E-state index >= 15 is 0 Å². The third-order valence-corrected chi connectivity index (χ3v) is 2.01. The van der Waals surface area contributed by atoms with Gasteiger partial charge in [-0.2, -0.15) is 0 Å². The standard InChI is InChI=1S/C8H6ClF3N2O3/c1-4-2-6(14(15)16)5(3-9)13-7(4)17-8(10,11)12/h2H,3H2,1H3. The molecular formula is C8H6ClF3N2O3. The van der Waals surface area contributed by atoms with E-state index in [9.17, 15) is 23.3 Å². The lowest BCUT2D eigenvalue weighted by molar-refractivity contribution is -0.386. The summed E-state index contributed by atoms with van der Waals surface area (Å²) >= 11 is 5.37. The first kappa shape index (κ1) is 13.5. The second-order valence-electron chi connectivity index (χ2n) is 3.01. The van der Waals surface area contributed by atoms with Crippen LogP contribution in [0.25, 0.3) is 0 Å². The molecule has 1 heterocycles. The van der Waals surface area contributed by atoms with Gasteiger partial charge in [0.15, 0.2) is 0 Å². The van der Waals surface area contributed by atoms with Crippen molar-refractivity contribution in [3.63, 3.8) is 0 Å². The average molecular weight is 271 g/mol. The van der Waals surface area contributed by atoms with E-state index in [0.717, 1.165) is 6.07 Å². The number of halogens is 4. The first-order chi connectivity index (χ1) is 7.74. The number of aryl methyl sites for hydroxylation is 1. The van der Waals surface area contributed by atoms with Gasteiger partial charge in [-0.15, -0.1) is 24.8 Å². The smallest absolute Gasteiger partial charge is 0.388 e. The molecule has 94 valence electrons. The molecule has 0 aliphatic heterocycles. The molecule has 0 N–H and O–H groups in total. The molecule has 0 spiro atoms. The van der Waals surface area contributed by atoms with Crippen LogP contribution in [0.2, 0.25) is 0 Å². The molecule has 0 aliphatic rings. The molecule has 5 nitrogen and oxygen atoms in total. The van der Waals surface area contributed by atoms with Gasteiger partial charge in [0.1, 0.15) is 5.69 Å². The Kier molecular flexibility index (Phi) is 3.76. The van der Waals surface area contributed by atoms with Crippen molar-refractivity contribution in [2.24, 2.45) is 0 Å². The van der Waals surface area contributed by atoms with Crippen molar-refractivity contribution >= 4 is 17.3 Å². The van der Waals surface area contributed by atoms with E-state index in [-0.39, 0.29) is 17.1 Å². The topological polar surface area (TPSA) is 65.3 Å². The number of aromatic nitrogens is 1. The first-order valence-electron chi connectivity index (χ1n) is 4.21. The highest BCUT2D eigenvalue weighted by Crippen LogP contribution is 2.29. The van der Waals surface area contributed by atoms with Crippen molar-refractivity contribution < 1.29 is 22.8 Å². The number of hydrogen-bond donors (Lipinski definition) is 0. The zero-order chi connectivity index (χ0) is 13.2. The van der Waals surface area contributed by atoms with Crippen molar-refractivity contribution in [3.05, 3.63) is 27.4 Å². The Hall–Kier alpha value is -1.57. The third-order valence-electron chi connectivity index (χ3n) is 1.76. The van der Waals surface area contributed by atoms with Gasteiger partial charge in [0.25, 0.3) is 5.69 Å². The number of nitro groups is 1. The van der Waals surface area contributed by atoms with Crippen LogP contribution in [0.3, 0.4) is 0 Å². The van der Waals surface area contributed by atoms with Gasteiger partial charge in [-0.1, -0.05) is 0 Å². The minimum absolute atomic E-state index is 0.0945. The second kappa shape index (κ2) is 4.74. The van der Waals surface area contributed by atoms with Crippen LogP contribution in [-0.2, 0) is 5.88 Å². The summed E-state index contributed by atoms with van der Waals surface area (Å²) in [5, 5.41) is 10.6. The maximum Gasteiger partial charge on any atom is 0.574 e. The fourth-order valence-electron chi connectivity index (χ4n) is 1.09. The van der Waals surface area contributed by atoms with Gasteiger partial charge >= 0.3 is 6.36 Å². The van der Waals surface area contributed by atoms with Gasteiger partial charge < -0.3 is 4.74 Å². The molecule has 0 saturated carbocycles. The number of hydrogen-bond acceptors (Lipinski definition) is 4. The quantitative estimate of drug-likeness (QED) is 0.481. The van der Waals surface area contributed by atoms with Gasteiger partial charge in [-0.3, -0.25) is 10.1 Å². The Bertz CT molecular complexity index is 450. The highest BCUT2D eigenvalue weighted by Gasteiger charge is 2.33. The Morgan fingerprint density at radius 2 is 2.18 bits per heavy atom. The highest BCUT2D eigenvalue weighted by molar-refractivity contribution is 6.17. The maximum atomic E-state index is 12.0. The van der Waals surface area contributed by atoms with Crippen LogP contribution in [0.5, 0.6) is 5.88 Å². The summed E-state index contributed by atoms with van der Waals surface area (Å²) < 4.78 is 39.6. The van der Waals surface area contributed by atoms with Gasteiger partial charge in [-0.05, 0) is 6.92 Å². The molecule has 1 rings (SSSR count). The van der Waals surface area contributed by atoms with Crippen LogP contribution >= 0.6 is 11.6 Å². The van der Waals surface area contributed by atoms with E-state index in [2.05, 4.69) is 9.72 Å². The van der Waals surface area contributed by atoms with Gasteiger partial charge in [0, 0.05) is 11.6 Å². The van der Waals surface area contributed by atoms with Crippen LogP contribution < -0.4 is 4.74 Å². The van der Waals surface area contributed by atoms with Gasteiger partial charge in [0.05, 0.1) is 10.8 Å². The molecule has 0 aromatic carbocycles. The van der Waals surface area contributed by atoms with Gasteiger partial charge in [0.2, 0.25) is 5.88 Å². The van der Waals surface area contributed by atoms with E-state index in [1.54, 1.807) is 0 Å².